The first-order valence-corrected chi connectivity index (χ1v) is 9.36. The maximum absolute atomic E-state index is 12.9. The van der Waals surface area contributed by atoms with Crippen LogP contribution in [0.3, 0.4) is 0 Å². The molecule has 1 amide bonds. The van der Waals surface area contributed by atoms with Crippen LogP contribution in [0.25, 0.3) is 11.5 Å². The molecule has 0 spiro atoms. The second kappa shape index (κ2) is 7.71. The Morgan fingerprint density at radius 1 is 1.07 bits per heavy atom. The molecule has 0 unspecified atom stereocenters. The van der Waals surface area contributed by atoms with Crippen molar-refractivity contribution in [2.24, 2.45) is 0 Å². The number of amides is 1. The van der Waals surface area contributed by atoms with Gasteiger partial charge in [0.05, 0.1) is 16.9 Å². The van der Waals surface area contributed by atoms with E-state index in [0.29, 0.717) is 17.9 Å². The Morgan fingerprint density at radius 3 is 2.52 bits per heavy atom. The van der Waals surface area contributed by atoms with Gasteiger partial charge in [-0.3, -0.25) is 4.79 Å². The molecule has 0 saturated carbocycles. The molecule has 0 aliphatic carbocycles. The molecule has 7 nitrogen and oxygen atoms in total. The summed E-state index contributed by atoms with van der Waals surface area (Å²) in [7, 11) is 1.79. The van der Waals surface area contributed by atoms with Gasteiger partial charge in [0, 0.05) is 43.4 Å². The molecule has 0 aliphatic heterocycles. The third kappa shape index (κ3) is 3.67. The van der Waals surface area contributed by atoms with Crippen LogP contribution in [0, 0.1) is 13.8 Å². The summed E-state index contributed by atoms with van der Waals surface area (Å²) in [6.07, 6.45) is 5.09. The van der Waals surface area contributed by atoms with Crippen LogP contribution < -0.4 is 0 Å². The minimum atomic E-state index is -0.0872. The minimum Gasteiger partial charge on any atom is -0.337 e. The second-order valence-corrected chi connectivity index (χ2v) is 6.91. The van der Waals surface area contributed by atoms with Crippen LogP contribution in [0.5, 0.6) is 0 Å². The topological polar surface area (TPSA) is 68.8 Å². The fraction of sp³-hybridized carbons (Fsp3) is 0.182. The summed E-state index contributed by atoms with van der Waals surface area (Å²) in [6, 6.07) is 15.4. The van der Waals surface area contributed by atoms with E-state index in [4.69, 9.17) is 0 Å². The molecule has 4 rings (SSSR count). The zero-order chi connectivity index (χ0) is 20.4. The fourth-order valence-electron chi connectivity index (χ4n) is 3.31. The normalized spacial score (nSPS) is 10.9. The Labute approximate surface area is 169 Å². The Hall–Kier alpha value is -3.74. The average Bonchev–Trinajstić information content (AvgIpc) is 3.38. The number of nitrogens with zero attached hydrogens (tertiary/aromatic N) is 6. The van der Waals surface area contributed by atoms with Crippen LogP contribution in [0.2, 0.25) is 0 Å². The van der Waals surface area contributed by atoms with Gasteiger partial charge in [0.1, 0.15) is 0 Å². The molecular weight excluding hydrogens is 364 g/mol. The Balaban J connectivity index is 1.53. The molecule has 0 aliphatic rings. The Bertz CT molecular complexity index is 1110. The van der Waals surface area contributed by atoms with Crippen molar-refractivity contribution < 1.29 is 4.79 Å². The van der Waals surface area contributed by atoms with Crippen molar-refractivity contribution in [2.45, 2.75) is 20.4 Å². The maximum atomic E-state index is 12.9. The van der Waals surface area contributed by atoms with Gasteiger partial charge in [-0.25, -0.2) is 14.3 Å². The number of para-hydroxylation sites is 1. The molecule has 29 heavy (non-hydrogen) atoms. The van der Waals surface area contributed by atoms with Crippen LogP contribution in [-0.4, -0.2) is 42.4 Å². The van der Waals surface area contributed by atoms with E-state index in [2.05, 4.69) is 15.2 Å². The second-order valence-electron chi connectivity index (χ2n) is 6.91. The molecule has 146 valence electrons. The summed E-state index contributed by atoms with van der Waals surface area (Å²) < 4.78 is 3.58. The van der Waals surface area contributed by atoms with Gasteiger partial charge in [-0.05, 0) is 44.2 Å². The van der Waals surface area contributed by atoms with Gasteiger partial charge in [0.2, 0.25) is 0 Å². The van der Waals surface area contributed by atoms with E-state index in [0.717, 1.165) is 22.6 Å². The van der Waals surface area contributed by atoms with Crippen LogP contribution in [0.1, 0.15) is 27.3 Å². The quantitative estimate of drug-likeness (QED) is 0.528. The standard InChI is InChI=1S/C22H22N6O/c1-16-20(17(2)28(25-16)19-8-5-4-6-9-19)15-26(3)22(29)18-10-11-21(23-14-18)27-13-7-12-24-27/h4-14H,15H2,1-3H3. The Morgan fingerprint density at radius 2 is 1.86 bits per heavy atom. The summed E-state index contributed by atoms with van der Waals surface area (Å²) in [6.45, 7) is 4.48. The number of aromatic nitrogens is 5. The van der Waals surface area contributed by atoms with E-state index in [1.165, 1.54) is 0 Å². The third-order valence-corrected chi connectivity index (χ3v) is 4.92. The molecule has 0 radical (unpaired) electrons. The minimum absolute atomic E-state index is 0.0872. The highest BCUT2D eigenvalue weighted by Gasteiger charge is 2.18. The van der Waals surface area contributed by atoms with E-state index in [-0.39, 0.29) is 5.91 Å². The zero-order valence-electron chi connectivity index (χ0n) is 16.6. The molecule has 0 bridgehead atoms. The van der Waals surface area contributed by atoms with Crippen molar-refractivity contribution in [3.8, 4) is 11.5 Å². The molecule has 0 saturated heterocycles. The summed E-state index contributed by atoms with van der Waals surface area (Å²) in [5, 5.41) is 8.81. The van der Waals surface area contributed by atoms with Gasteiger partial charge in [-0.2, -0.15) is 10.2 Å². The van der Waals surface area contributed by atoms with Crippen molar-refractivity contribution >= 4 is 5.91 Å². The van der Waals surface area contributed by atoms with Crippen molar-refractivity contribution in [3.63, 3.8) is 0 Å². The van der Waals surface area contributed by atoms with Gasteiger partial charge in [0.25, 0.3) is 5.91 Å². The van der Waals surface area contributed by atoms with E-state index < -0.39 is 0 Å². The molecule has 0 N–H and O–H groups in total. The van der Waals surface area contributed by atoms with Crippen molar-refractivity contribution in [1.82, 2.24) is 29.4 Å². The summed E-state index contributed by atoms with van der Waals surface area (Å²) in [5.41, 5.74) is 4.53. The van der Waals surface area contributed by atoms with Crippen LogP contribution >= 0.6 is 0 Å². The molecule has 1 aromatic carbocycles. The molecule has 7 heteroatoms. The molecule has 4 aromatic rings. The number of hydrogen-bond donors (Lipinski definition) is 0. The summed E-state index contributed by atoms with van der Waals surface area (Å²) in [4.78, 5) is 18.9. The molecule has 3 aromatic heterocycles. The van der Waals surface area contributed by atoms with Crippen molar-refractivity contribution in [1.29, 1.82) is 0 Å². The largest absolute Gasteiger partial charge is 0.337 e. The molecule has 3 heterocycles. The van der Waals surface area contributed by atoms with Gasteiger partial charge >= 0.3 is 0 Å². The first-order chi connectivity index (χ1) is 14.0. The van der Waals surface area contributed by atoms with E-state index >= 15 is 0 Å². The predicted molar refractivity (Wildman–Crippen MR) is 110 cm³/mol. The van der Waals surface area contributed by atoms with E-state index in [9.17, 15) is 4.79 Å². The van der Waals surface area contributed by atoms with Gasteiger partial charge in [0.15, 0.2) is 5.82 Å². The fourth-order valence-corrected chi connectivity index (χ4v) is 3.31. The van der Waals surface area contributed by atoms with Crippen molar-refractivity contribution in [2.75, 3.05) is 7.05 Å². The van der Waals surface area contributed by atoms with Crippen molar-refractivity contribution in [3.05, 3.63) is 89.6 Å². The molecular formula is C22H22N6O. The number of hydrogen-bond acceptors (Lipinski definition) is 4. The third-order valence-electron chi connectivity index (χ3n) is 4.92. The summed E-state index contributed by atoms with van der Waals surface area (Å²) >= 11 is 0. The smallest absolute Gasteiger partial charge is 0.255 e. The highest BCUT2D eigenvalue weighted by Crippen LogP contribution is 2.20. The highest BCUT2D eigenvalue weighted by atomic mass is 16.2. The zero-order valence-corrected chi connectivity index (χ0v) is 16.6. The predicted octanol–water partition coefficient (Wildman–Crippen LogP) is 3.34. The monoisotopic (exact) mass is 386 g/mol. The van der Waals surface area contributed by atoms with E-state index in [1.807, 2.05) is 61.1 Å². The summed E-state index contributed by atoms with van der Waals surface area (Å²) in [5.74, 6) is 0.584. The van der Waals surface area contributed by atoms with Gasteiger partial charge in [-0.1, -0.05) is 18.2 Å². The lowest BCUT2D eigenvalue weighted by atomic mass is 10.1. The number of benzene rings is 1. The SMILES string of the molecule is Cc1nn(-c2ccccc2)c(C)c1CN(C)C(=O)c1ccc(-n2cccn2)nc1. The van der Waals surface area contributed by atoms with Crippen LogP contribution in [0.15, 0.2) is 67.1 Å². The number of rotatable bonds is 5. The van der Waals surface area contributed by atoms with Crippen LogP contribution in [-0.2, 0) is 6.54 Å². The molecule has 0 atom stereocenters. The number of aryl methyl sites for hydroxylation is 1. The lowest BCUT2D eigenvalue weighted by molar-refractivity contribution is 0.0784. The first-order valence-electron chi connectivity index (χ1n) is 9.36. The van der Waals surface area contributed by atoms with Crippen LogP contribution in [0.4, 0.5) is 0 Å². The average molecular weight is 386 g/mol. The Kier molecular flexibility index (Phi) is 4.95. The van der Waals surface area contributed by atoms with Gasteiger partial charge in [-0.15, -0.1) is 0 Å². The maximum Gasteiger partial charge on any atom is 0.255 e. The number of pyridine rings is 1. The lowest BCUT2D eigenvalue weighted by Gasteiger charge is -2.17. The van der Waals surface area contributed by atoms with E-state index in [1.54, 1.807) is 41.2 Å². The lowest BCUT2D eigenvalue weighted by Crippen LogP contribution is -2.27. The van der Waals surface area contributed by atoms with Gasteiger partial charge < -0.3 is 4.90 Å². The number of carbonyl (C=O) groups excluding carboxylic acids is 1. The number of carbonyl (C=O) groups is 1. The highest BCUT2D eigenvalue weighted by molar-refractivity contribution is 5.93. The molecule has 0 fully saturated rings. The first kappa shape index (κ1) is 18.6.